The van der Waals surface area contributed by atoms with Crippen LogP contribution in [0.3, 0.4) is 0 Å². The maximum absolute atomic E-state index is 12.8. The number of hydrogen-bond donors (Lipinski definition) is 1. The van der Waals surface area contributed by atoms with E-state index in [9.17, 15) is 8.42 Å². The molecule has 2 aromatic carbocycles. The average Bonchev–Trinajstić information content (AvgIpc) is 2.97. The lowest BCUT2D eigenvalue weighted by molar-refractivity contribution is 0.427. The van der Waals surface area contributed by atoms with Crippen LogP contribution >= 0.6 is 0 Å². The predicted octanol–water partition coefficient (Wildman–Crippen LogP) is 4.38. The molecule has 0 amide bonds. The van der Waals surface area contributed by atoms with E-state index in [2.05, 4.69) is 9.88 Å². The van der Waals surface area contributed by atoms with Gasteiger partial charge in [-0.15, -0.1) is 0 Å². The number of aromatic nitrogens is 1. The van der Waals surface area contributed by atoms with Gasteiger partial charge in [-0.3, -0.25) is 4.72 Å². The summed E-state index contributed by atoms with van der Waals surface area (Å²) in [5.41, 5.74) is 4.68. The highest BCUT2D eigenvalue weighted by atomic mass is 32.2. The van der Waals surface area contributed by atoms with E-state index in [1.807, 2.05) is 45.0 Å². The number of benzene rings is 2. The molecule has 1 heterocycles. The van der Waals surface area contributed by atoms with Crippen molar-refractivity contribution >= 4 is 15.7 Å². The second kappa shape index (κ2) is 6.37. The van der Waals surface area contributed by atoms with Crippen molar-refractivity contribution in [3.8, 4) is 11.3 Å². The lowest BCUT2D eigenvalue weighted by atomic mass is 10.1. The Morgan fingerprint density at radius 3 is 2.32 bits per heavy atom. The minimum absolute atomic E-state index is 0.244. The molecule has 25 heavy (non-hydrogen) atoms. The molecule has 6 heteroatoms. The van der Waals surface area contributed by atoms with Gasteiger partial charge in [0.05, 0.1) is 16.3 Å². The fourth-order valence-corrected chi connectivity index (χ4v) is 4.00. The third-order valence-electron chi connectivity index (χ3n) is 4.01. The first kappa shape index (κ1) is 17.2. The molecule has 0 aliphatic rings. The lowest BCUT2D eigenvalue weighted by Crippen LogP contribution is -2.15. The number of anilines is 1. The summed E-state index contributed by atoms with van der Waals surface area (Å²) in [6, 6.07) is 12.6. The molecule has 0 fully saturated rings. The zero-order valence-corrected chi connectivity index (χ0v) is 15.4. The highest BCUT2D eigenvalue weighted by Crippen LogP contribution is 2.27. The molecule has 130 valence electrons. The van der Waals surface area contributed by atoms with Gasteiger partial charge in [0, 0.05) is 11.6 Å². The van der Waals surface area contributed by atoms with Crippen molar-refractivity contribution in [2.24, 2.45) is 0 Å². The number of rotatable bonds is 4. The molecule has 0 aliphatic heterocycles. The Labute approximate surface area is 147 Å². The number of hydrogen-bond acceptors (Lipinski definition) is 4. The van der Waals surface area contributed by atoms with Crippen LogP contribution in [0.15, 0.2) is 51.9 Å². The van der Waals surface area contributed by atoms with Crippen LogP contribution < -0.4 is 4.72 Å². The Morgan fingerprint density at radius 2 is 1.68 bits per heavy atom. The Hall–Kier alpha value is -2.60. The van der Waals surface area contributed by atoms with Crippen LogP contribution in [0.4, 0.5) is 5.69 Å². The molecule has 5 nitrogen and oxygen atoms in total. The maximum Gasteiger partial charge on any atom is 0.262 e. The van der Waals surface area contributed by atoms with Crippen LogP contribution in [0, 0.1) is 27.7 Å². The highest BCUT2D eigenvalue weighted by Gasteiger charge is 2.19. The largest absolute Gasteiger partial charge is 0.356 e. The summed E-state index contributed by atoms with van der Waals surface area (Å²) in [5, 5.41) is 3.86. The van der Waals surface area contributed by atoms with Gasteiger partial charge in [-0.05, 0) is 68.7 Å². The van der Waals surface area contributed by atoms with Gasteiger partial charge in [-0.25, -0.2) is 8.42 Å². The summed E-state index contributed by atoms with van der Waals surface area (Å²) in [6.07, 6.45) is 0. The molecule has 0 spiro atoms. The first-order chi connectivity index (χ1) is 11.8. The Kier molecular flexibility index (Phi) is 4.39. The second-order valence-corrected chi connectivity index (χ2v) is 7.89. The van der Waals surface area contributed by atoms with Gasteiger partial charge in [0.15, 0.2) is 5.76 Å². The Morgan fingerprint density at radius 1 is 0.920 bits per heavy atom. The molecule has 0 unspecified atom stereocenters. The van der Waals surface area contributed by atoms with E-state index in [0.717, 1.165) is 22.4 Å². The van der Waals surface area contributed by atoms with E-state index in [1.165, 1.54) is 0 Å². The summed E-state index contributed by atoms with van der Waals surface area (Å²) in [6.45, 7) is 7.41. The number of aryl methyl sites for hydroxylation is 4. The summed E-state index contributed by atoms with van der Waals surface area (Å²) in [7, 11) is -3.67. The van der Waals surface area contributed by atoms with Crippen LogP contribution in [0.1, 0.15) is 22.4 Å². The van der Waals surface area contributed by atoms with E-state index >= 15 is 0 Å². The van der Waals surface area contributed by atoms with Crippen molar-refractivity contribution in [3.05, 3.63) is 64.8 Å². The van der Waals surface area contributed by atoms with Gasteiger partial charge in [0.1, 0.15) is 0 Å². The molecule has 0 atom stereocenters. The smallest absolute Gasteiger partial charge is 0.262 e. The Balaban J connectivity index is 1.96. The molecular formula is C19H20N2O3S. The van der Waals surface area contributed by atoms with Gasteiger partial charge in [-0.2, -0.15) is 0 Å². The average molecular weight is 356 g/mol. The van der Waals surface area contributed by atoms with Crippen LogP contribution in [-0.2, 0) is 10.0 Å². The topological polar surface area (TPSA) is 72.2 Å². The molecule has 3 rings (SSSR count). The van der Waals surface area contributed by atoms with Gasteiger partial charge in [0.2, 0.25) is 0 Å². The quantitative estimate of drug-likeness (QED) is 0.753. The highest BCUT2D eigenvalue weighted by molar-refractivity contribution is 7.92. The van der Waals surface area contributed by atoms with Crippen LogP contribution in [0.25, 0.3) is 11.3 Å². The maximum atomic E-state index is 12.8. The lowest BCUT2D eigenvalue weighted by Gasteiger charge is -2.13. The van der Waals surface area contributed by atoms with E-state index in [0.29, 0.717) is 17.0 Å². The summed E-state index contributed by atoms with van der Waals surface area (Å²) >= 11 is 0. The van der Waals surface area contributed by atoms with Crippen molar-refractivity contribution in [1.29, 1.82) is 0 Å². The third kappa shape index (κ3) is 3.58. The molecule has 0 radical (unpaired) electrons. The molecule has 0 saturated carbocycles. The van der Waals surface area contributed by atoms with E-state index < -0.39 is 10.0 Å². The van der Waals surface area contributed by atoms with Gasteiger partial charge >= 0.3 is 0 Å². The molecular weight excluding hydrogens is 336 g/mol. The summed E-state index contributed by atoms with van der Waals surface area (Å²) in [5.74, 6) is 0.618. The van der Waals surface area contributed by atoms with Crippen LogP contribution in [0.2, 0.25) is 0 Å². The van der Waals surface area contributed by atoms with Gasteiger partial charge < -0.3 is 4.52 Å². The monoisotopic (exact) mass is 356 g/mol. The standard InChI is InChI=1S/C19H20N2O3S/c1-12-5-6-13(2)17(9-12)21-25(22,23)19-8-7-16(10-14(19)3)18-11-15(4)20-24-18/h5-11,21H,1-4H3. The van der Waals surface area contributed by atoms with Crippen molar-refractivity contribution in [1.82, 2.24) is 5.16 Å². The Bertz CT molecular complexity index is 1040. The third-order valence-corrected chi connectivity index (χ3v) is 5.54. The normalized spacial score (nSPS) is 11.5. The predicted molar refractivity (Wildman–Crippen MR) is 98.1 cm³/mol. The molecule has 3 aromatic rings. The first-order valence-electron chi connectivity index (χ1n) is 7.91. The van der Waals surface area contributed by atoms with Crippen LogP contribution in [-0.4, -0.2) is 13.6 Å². The zero-order valence-electron chi connectivity index (χ0n) is 14.6. The van der Waals surface area contributed by atoms with E-state index in [-0.39, 0.29) is 4.90 Å². The summed E-state index contributed by atoms with van der Waals surface area (Å²) < 4.78 is 33.5. The van der Waals surface area contributed by atoms with Crippen molar-refractivity contribution in [2.45, 2.75) is 32.6 Å². The van der Waals surface area contributed by atoms with Gasteiger partial charge in [0.25, 0.3) is 10.0 Å². The number of nitrogens with one attached hydrogen (secondary N) is 1. The SMILES string of the molecule is Cc1ccc(C)c(NS(=O)(=O)c2ccc(-c3cc(C)no3)cc2C)c1. The van der Waals surface area contributed by atoms with E-state index in [4.69, 9.17) is 4.52 Å². The molecule has 0 bridgehead atoms. The minimum atomic E-state index is -3.67. The molecule has 1 N–H and O–H groups in total. The number of nitrogens with zero attached hydrogens (tertiary/aromatic N) is 1. The molecule has 1 aromatic heterocycles. The second-order valence-electron chi connectivity index (χ2n) is 6.24. The van der Waals surface area contributed by atoms with E-state index in [1.54, 1.807) is 25.1 Å². The van der Waals surface area contributed by atoms with Crippen molar-refractivity contribution in [2.75, 3.05) is 4.72 Å². The fourth-order valence-electron chi connectivity index (χ4n) is 2.65. The van der Waals surface area contributed by atoms with Crippen molar-refractivity contribution < 1.29 is 12.9 Å². The molecule has 0 saturated heterocycles. The van der Waals surface area contributed by atoms with Crippen LogP contribution in [0.5, 0.6) is 0 Å². The minimum Gasteiger partial charge on any atom is -0.356 e. The number of sulfonamides is 1. The first-order valence-corrected chi connectivity index (χ1v) is 9.39. The summed E-state index contributed by atoms with van der Waals surface area (Å²) in [4.78, 5) is 0.244. The van der Waals surface area contributed by atoms with Crippen molar-refractivity contribution in [3.63, 3.8) is 0 Å². The van der Waals surface area contributed by atoms with Gasteiger partial charge in [-0.1, -0.05) is 17.3 Å². The fraction of sp³-hybridized carbons (Fsp3) is 0.211. The zero-order chi connectivity index (χ0) is 18.2. The molecule has 0 aliphatic carbocycles.